The van der Waals surface area contributed by atoms with Gasteiger partial charge in [-0.25, -0.2) is 44.9 Å². The number of halogens is 6. The molecule has 0 aliphatic carbocycles. The lowest BCUT2D eigenvalue weighted by Gasteiger charge is -2.26. The van der Waals surface area contributed by atoms with Crippen LogP contribution in [0.25, 0.3) is 175 Å². The predicted octanol–water partition coefficient (Wildman–Crippen LogP) is 33.7. The van der Waals surface area contributed by atoms with Crippen LogP contribution in [0.3, 0.4) is 0 Å². The highest BCUT2D eigenvalue weighted by molar-refractivity contribution is 9.10. The van der Waals surface area contributed by atoms with Crippen LogP contribution in [0, 0.1) is 0 Å². The first-order chi connectivity index (χ1) is 64.9. The Hall–Kier alpha value is -14.9. The van der Waals surface area contributed by atoms with Gasteiger partial charge < -0.3 is 4.90 Å². The lowest BCUT2D eigenvalue weighted by atomic mass is 9.99. The number of para-hydroxylation sites is 3. The van der Waals surface area contributed by atoms with Crippen LogP contribution in [-0.4, -0.2) is 49.8 Å². The molecule has 0 amide bonds. The van der Waals surface area contributed by atoms with Crippen molar-refractivity contribution in [3.05, 3.63) is 474 Å². The van der Waals surface area contributed by atoms with Gasteiger partial charge in [0.1, 0.15) is 10.3 Å². The number of thiophene rings is 1. The van der Waals surface area contributed by atoms with E-state index in [-0.39, 0.29) is 15.9 Å². The van der Waals surface area contributed by atoms with E-state index >= 15 is 0 Å². The molecule has 632 valence electrons. The number of benzene rings is 17. The minimum Gasteiger partial charge on any atom is -0.310 e. The van der Waals surface area contributed by atoms with Crippen molar-refractivity contribution in [2.75, 3.05) is 4.90 Å². The third-order valence-corrected chi connectivity index (χ3v) is 24.7. The van der Waals surface area contributed by atoms with Crippen LogP contribution < -0.4 is 4.90 Å². The molecule has 0 unspecified atom stereocenters. The topological polar surface area (TPSA) is 132 Å². The molecule has 0 saturated heterocycles. The van der Waals surface area contributed by atoms with Gasteiger partial charge >= 0.3 is 0 Å². The van der Waals surface area contributed by atoms with Crippen molar-refractivity contribution in [2.45, 2.75) is 0 Å². The summed E-state index contributed by atoms with van der Waals surface area (Å²) in [4.78, 5) is 45.7. The van der Waals surface area contributed by atoms with Gasteiger partial charge in [0, 0.05) is 110 Å². The molecule has 0 saturated carbocycles. The second-order valence-corrected chi connectivity index (χ2v) is 34.4. The fourth-order valence-corrected chi connectivity index (χ4v) is 18.4. The Balaban J connectivity index is 0.000000106. The quantitative estimate of drug-likeness (QED) is 0.0561. The number of pyridine rings is 2. The Morgan fingerprint density at radius 2 is 0.629 bits per heavy atom. The van der Waals surface area contributed by atoms with E-state index in [0.717, 1.165) is 116 Å². The Labute approximate surface area is 798 Å². The van der Waals surface area contributed by atoms with Crippen LogP contribution in [0.2, 0.25) is 26.2 Å². The summed E-state index contributed by atoms with van der Waals surface area (Å²) >= 11 is 35.7. The first-order valence-electron chi connectivity index (χ1n) is 42.3. The molecule has 0 atom stereocenters. The number of nitrogens with zero attached hydrogens (tertiary/aromatic N) is 11. The number of hydrogen-bond donors (Lipinski definition) is 0. The molecule has 0 aliphatic rings. The largest absolute Gasteiger partial charge is 0.310 e. The van der Waals surface area contributed by atoms with Gasteiger partial charge in [0.05, 0.1) is 44.8 Å². The molecular formula is C114H73BrCl5N11S. The minimum atomic E-state index is 0.247. The lowest BCUT2D eigenvalue weighted by molar-refractivity contribution is 1.17. The minimum absolute atomic E-state index is 0.247. The Morgan fingerprint density at radius 1 is 0.220 bits per heavy atom. The molecule has 18 heteroatoms. The van der Waals surface area contributed by atoms with Gasteiger partial charge in [0.15, 0.2) is 5.82 Å². The van der Waals surface area contributed by atoms with E-state index in [4.69, 9.17) is 58.0 Å². The molecule has 0 aliphatic heterocycles. The summed E-state index contributed by atoms with van der Waals surface area (Å²) in [5, 5.41) is 15.8. The van der Waals surface area contributed by atoms with E-state index in [1.165, 1.54) is 74.7 Å². The Kier molecular flexibility index (Phi) is 26.5. The zero-order valence-electron chi connectivity index (χ0n) is 70.2. The van der Waals surface area contributed by atoms with Gasteiger partial charge in [-0.1, -0.05) is 342 Å². The summed E-state index contributed by atoms with van der Waals surface area (Å²) in [6, 6.07) is 146. The van der Waals surface area contributed by atoms with Crippen molar-refractivity contribution in [3.8, 4) is 78.7 Å². The Bertz CT molecular complexity index is 7940. The van der Waals surface area contributed by atoms with Crippen molar-refractivity contribution in [1.29, 1.82) is 0 Å². The average molecular weight is 1890 g/mol. The van der Waals surface area contributed by atoms with E-state index in [9.17, 15) is 0 Å². The van der Waals surface area contributed by atoms with E-state index in [2.05, 4.69) is 307 Å². The highest BCUT2D eigenvalue weighted by atomic mass is 79.9. The van der Waals surface area contributed by atoms with Crippen LogP contribution in [-0.2, 0) is 0 Å². The number of rotatable bonds is 10. The summed E-state index contributed by atoms with van der Waals surface area (Å²) in [5.74, 6) is 0.605. The molecule has 24 rings (SSSR count). The molecule has 17 aromatic carbocycles. The summed E-state index contributed by atoms with van der Waals surface area (Å²) in [7, 11) is 0. The number of fused-ring (bicyclic) bond motifs is 11. The molecule has 11 nitrogen and oxygen atoms in total. The highest BCUT2D eigenvalue weighted by Crippen LogP contribution is 2.42. The summed E-state index contributed by atoms with van der Waals surface area (Å²) in [6.45, 7) is 0. The van der Waals surface area contributed by atoms with Crippen molar-refractivity contribution >= 4 is 198 Å². The van der Waals surface area contributed by atoms with Gasteiger partial charge in [0.2, 0.25) is 15.9 Å². The highest BCUT2D eigenvalue weighted by Gasteiger charge is 2.19. The van der Waals surface area contributed by atoms with E-state index in [0.29, 0.717) is 16.1 Å². The van der Waals surface area contributed by atoms with Crippen molar-refractivity contribution < 1.29 is 0 Å². The maximum atomic E-state index is 6.28. The van der Waals surface area contributed by atoms with Gasteiger partial charge in [-0.05, 0) is 211 Å². The molecule has 0 fully saturated rings. The number of hydrogen-bond acceptors (Lipinski definition) is 12. The third-order valence-electron chi connectivity index (χ3n) is 22.2. The number of anilines is 3. The normalized spacial score (nSPS) is 11.0. The molecule has 0 radical (unpaired) electrons. The van der Waals surface area contributed by atoms with Gasteiger partial charge in [-0.3, -0.25) is 4.98 Å². The zero-order chi connectivity index (χ0) is 89.6. The average Bonchev–Trinajstić information content (AvgIpc) is 1.54. The zero-order valence-corrected chi connectivity index (χ0v) is 76.4. The monoisotopic (exact) mass is 1880 g/mol. The standard InChI is InChI=1S/C34H22ClN3.C20H11ClN2S.C18H13Br.C15H10ClN3.C14H9ClN2.C13H8ClN/c35-34-36-32-12-6-5-11-31(32)33(37-34)25-15-17-28(18-16-25)38(29-19-13-23-7-1-3-9-26(23)21-29)30-20-14-24-8-2-4-10-27(24)22-30;21-20-22-16-7-3-1-6-14(16)19(23-20)12-9-10-18-15(11-12)13-5-2-4-8-17(13)24-18;19-18-12-16(14-7-3-1-4-8-14)11-17(13-18)15-9-5-2-6-10-15;16-14-10-13(11-4-2-1-3-5-11)18-15(19-14)12-6-8-17-9-7-12;15-14-16-12-9-5-4-8-11(12)13(17-14)10-6-2-1-3-7-10;14-13-8-6-11-10-4-2-1-3-9(10)5-7-12(11)15-13/h1-22H;1-11H;1-13H;1-10H;1-9H;1-8H. The second kappa shape index (κ2) is 40.4. The molecule has 7 heterocycles. The van der Waals surface area contributed by atoms with Gasteiger partial charge in [-0.15, -0.1) is 11.3 Å². The first-order valence-corrected chi connectivity index (χ1v) is 45.8. The van der Waals surface area contributed by atoms with E-state index < -0.39 is 0 Å². The fourth-order valence-electron chi connectivity index (χ4n) is 16.0. The first kappa shape index (κ1) is 86.5. The van der Waals surface area contributed by atoms with E-state index in [1.807, 2.05) is 199 Å². The maximum Gasteiger partial charge on any atom is 0.223 e. The second-order valence-electron chi connectivity index (χ2n) is 30.6. The fraction of sp³-hybridized carbons (Fsp3) is 0. The van der Waals surface area contributed by atoms with Gasteiger partial charge in [0.25, 0.3) is 0 Å². The molecule has 7 aromatic heterocycles. The summed E-state index contributed by atoms with van der Waals surface area (Å²) < 4.78 is 3.69. The number of aromatic nitrogens is 10. The molecule has 0 bridgehead atoms. The van der Waals surface area contributed by atoms with Crippen LogP contribution in [0.4, 0.5) is 17.1 Å². The lowest BCUT2D eigenvalue weighted by Crippen LogP contribution is -2.10. The van der Waals surface area contributed by atoms with E-state index in [1.54, 1.807) is 18.5 Å². The Morgan fingerprint density at radius 3 is 1.17 bits per heavy atom. The van der Waals surface area contributed by atoms with Crippen LogP contribution in [0.5, 0.6) is 0 Å². The van der Waals surface area contributed by atoms with Crippen molar-refractivity contribution in [1.82, 2.24) is 49.8 Å². The van der Waals surface area contributed by atoms with Crippen LogP contribution in [0.15, 0.2) is 448 Å². The third kappa shape index (κ3) is 20.1. The van der Waals surface area contributed by atoms with Crippen LogP contribution in [0.1, 0.15) is 0 Å². The molecule has 132 heavy (non-hydrogen) atoms. The molecule has 0 N–H and O–H groups in total. The van der Waals surface area contributed by atoms with Crippen LogP contribution >= 0.6 is 85.3 Å². The van der Waals surface area contributed by atoms with Crippen molar-refractivity contribution in [3.63, 3.8) is 0 Å². The summed E-state index contributed by atoms with van der Waals surface area (Å²) in [5.41, 5.74) is 20.1. The van der Waals surface area contributed by atoms with Crippen molar-refractivity contribution in [2.24, 2.45) is 0 Å². The maximum absolute atomic E-state index is 6.28. The smallest absolute Gasteiger partial charge is 0.223 e. The molecule has 24 aromatic rings. The molecule has 0 spiro atoms. The predicted molar refractivity (Wildman–Crippen MR) is 558 cm³/mol. The SMILES string of the molecule is Brc1cc(-c2ccccc2)cc(-c2ccccc2)c1.Clc1cc(-c2ccccc2)nc(-c2ccncc2)n1.Clc1ccc2c(ccc3ccccc32)n1.Clc1nc(-c2ccc(N(c3ccc4ccccc4c3)c3ccc4ccccc4c3)cc2)c2ccccc2n1.Clc1nc(-c2ccc3sc4ccccc4c3c2)c2ccccc2n1.Clc1nc(-c2ccccc2)c2ccccc2n1. The van der Waals surface area contributed by atoms with Gasteiger partial charge in [-0.2, -0.15) is 0 Å². The summed E-state index contributed by atoms with van der Waals surface area (Å²) in [6.07, 6.45) is 3.42. The molecular weight excluding hydrogens is 1810 g/mol.